The molecule has 0 saturated heterocycles. The Balaban J connectivity index is 2.12. The molecule has 0 amide bonds. The van der Waals surface area contributed by atoms with E-state index in [2.05, 4.69) is 9.71 Å². The number of sulfonamides is 1. The molecule has 0 spiro atoms. The average Bonchev–Trinajstić information content (AvgIpc) is 2.46. The smallest absolute Gasteiger partial charge is 0.341 e. The van der Waals surface area contributed by atoms with Crippen molar-refractivity contribution in [3.63, 3.8) is 0 Å². The van der Waals surface area contributed by atoms with E-state index in [0.29, 0.717) is 5.69 Å². The fraction of sp³-hybridized carbons (Fsp3) is 0.0769. The van der Waals surface area contributed by atoms with Gasteiger partial charge in [-0.1, -0.05) is 0 Å². The van der Waals surface area contributed by atoms with Crippen molar-refractivity contribution >= 4 is 21.7 Å². The van der Waals surface area contributed by atoms with Crippen LogP contribution in [0, 0.1) is 0 Å². The molecule has 0 aliphatic rings. The van der Waals surface area contributed by atoms with Gasteiger partial charge in [-0.3, -0.25) is 9.71 Å². The van der Waals surface area contributed by atoms with Crippen LogP contribution in [0.15, 0.2) is 53.7 Å². The molecular weight excluding hydrogens is 296 g/mol. The number of pyridine rings is 1. The number of hydrogen-bond donors (Lipinski definition) is 2. The molecule has 0 aliphatic carbocycles. The Kier molecular flexibility index (Phi) is 4.39. The Labute approximate surface area is 121 Å². The molecule has 0 saturated carbocycles. The molecule has 0 aliphatic heterocycles. The highest BCUT2D eigenvalue weighted by Crippen LogP contribution is 2.18. The second-order valence-corrected chi connectivity index (χ2v) is 5.68. The van der Waals surface area contributed by atoms with Gasteiger partial charge in [0.2, 0.25) is 0 Å². The molecule has 2 aromatic rings. The van der Waals surface area contributed by atoms with Crippen LogP contribution in [-0.2, 0) is 14.8 Å². The van der Waals surface area contributed by atoms with Gasteiger partial charge in [0.25, 0.3) is 10.0 Å². The van der Waals surface area contributed by atoms with Crippen molar-refractivity contribution in [2.24, 2.45) is 0 Å². The number of carboxylic acids is 1. The van der Waals surface area contributed by atoms with Crippen LogP contribution in [0.3, 0.4) is 0 Å². The molecule has 0 atom stereocenters. The van der Waals surface area contributed by atoms with Crippen molar-refractivity contribution in [2.45, 2.75) is 4.90 Å². The largest absolute Gasteiger partial charge is 0.482 e. The summed E-state index contributed by atoms with van der Waals surface area (Å²) in [5, 5.41) is 8.49. The van der Waals surface area contributed by atoms with Gasteiger partial charge in [0.15, 0.2) is 6.61 Å². The van der Waals surface area contributed by atoms with Crippen molar-refractivity contribution in [1.29, 1.82) is 0 Å². The number of aromatic nitrogens is 1. The molecule has 21 heavy (non-hydrogen) atoms. The highest BCUT2D eigenvalue weighted by molar-refractivity contribution is 7.92. The molecule has 110 valence electrons. The number of carboxylic acid groups (broad SMARTS) is 1. The summed E-state index contributed by atoms with van der Waals surface area (Å²) in [6.07, 6.45) is 2.92. The number of benzene rings is 1. The van der Waals surface area contributed by atoms with Gasteiger partial charge in [0.05, 0.1) is 16.8 Å². The first kappa shape index (κ1) is 14.8. The first-order chi connectivity index (χ1) is 9.97. The molecular formula is C13H12N2O5S. The number of aliphatic carboxylic acids is 1. The van der Waals surface area contributed by atoms with Crippen molar-refractivity contribution in [2.75, 3.05) is 11.3 Å². The minimum Gasteiger partial charge on any atom is -0.482 e. The third-order valence-corrected chi connectivity index (χ3v) is 3.81. The summed E-state index contributed by atoms with van der Waals surface area (Å²) in [5.41, 5.74) is 0.351. The van der Waals surface area contributed by atoms with Crippen LogP contribution in [-0.4, -0.2) is 31.1 Å². The summed E-state index contributed by atoms with van der Waals surface area (Å²) in [6.45, 7) is -0.486. The minimum atomic E-state index is -3.72. The number of hydrogen-bond acceptors (Lipinski definition) is 5. The molecule has 2 rings (SSSR count). The highest BCUT2D eigenvalue weighted by atomic mass is 32.2. The Morgan fingerprint density at radius 1 is 1.24 bits per heavy atom. The lowest BCUT2D eigenvalue weighted by molar-refractivity contribution is -0.139. The van der Waals surface area contributed by atoms with E-state index in [1.807, 2.05) is 0 Å². The standard InChI is InChI=1S/C13H12N2O5S/c16-13(17)9-20-11-3-5-12(6-4-11)21(18,19)15-10-2-1-7-14-8-10/h1-8,15H,9H2,(H,16,17). The van der Waals surface area contributed by atoms with Gasteiger partial charge in [0, 0.05) is 6.20 Å². The Morgan fingerprint density at radius 3 is 2.52 bits per heavy atom. The zero-order valence-electron chi connectivity index (χ0n) is 10.8. The second-order valence-electron chi connectivity index (χ2n) is 4.00. The number of nitrogens with one attached hydrogen (secondary N) is 1. The fourth-order valence-corrected chi connectivity index (χ4v) is 2.54. The molecule has 0 fully saturated rings. The van der Waals surface area contributed by atoms with Crippen molar-refractivity contribution in [1.82, 2.24) is 4.98 Å². The predicted molar refractivity (Wildman–Crippen MR) is 74.6 cm³/mol. The normalized spacial score (nSPS) is 10.9. The van der Waals surface area contributed by atoms with Crippen molar-refractivity contribution < 1.29 is 23.1 Å². The van der Waals surface area contributed by atoms with Gasteiger partial charge in [-0.25, -0.2) is 13.2 Å². The SMILES string of the molecule is O=C(O)COc1ccc(S(=O)(=O)Nc2cccnc2)cc1. The quantitative estimate of drug-likeness (QED) is 0.834. The van der Waals surface area contributed by atoms with Crippen LogP contribution in [0.25, 0.3) is 0 Å². The van der Waals surface area contributed by atoms with Crippen molar-refractivity contribution in [3.8, 4) is 5.75 Å². The molecule has 0 bridgehead atoms. The molecule has 8 heteroatoms. The maximum atomic E-state index is 12.1. The molecule has 7 nitrogen and oxygen atoms in total. The van der Waals surface area contributed by atoms with E-state index in [1.54, 1.807) is 12.1 Å². The Hall–Kier alpha value is -2.61. The lowest BCUT2D eigenvalue weighted by atomic mass is 10.3. The van der Waals surface area contributed by atoms with Crippen LogP contribution in [0.5, 0.6) is 5.75 Å². The molecule has 1 aromatic carbocycles. The first-order valence-corrected chi connectivity index (χ1v) is 7.33. The number of rotatable bonds is 6. The van der Waals surface area contributed by atoms with E-state index in [9.17, 15) is 13.2 Å². The summed E-state index contributed by atoms with van der Waals surface area (Å²) < 4.78 is 31.5. The van der Waals surface area contributed by atoms with Crippen LogP contribution in [0.2, 0.25) is 0 Å². The van der Waals surface area contributed by atoms with Gasteiger partial charge < -0.3 is 9.84 Å². The van der Waals surface area contributed by atoms with Crippen LogP contribution in [0.1, 0.15) is 0 Å². The van der Waals surface area contributed by atoms with E-state index in [0.717, 1.165) is 0 Å². The molecule has 0 unspecified atom stereocenters. The van der Waals surface area contributed by atoms with Gasteiger partial charge >= 0.3 is 5.97 Å². The van der Waals surface area contributed by atoms with Crippen LogP contribution >= 0.6 is 0 Å². The number of carbonyl (C=O) groups is 1. The van der Waals surface area contributed by atoms with Gasteiger partial charge in [-0.2, -0.15) is 0 Å². The summed E-state index contributed by atoms with van der Waals surface area (Å²) in [7, 11) is -3.72. The summed E-state index contributed by atoms with van der Waals surface area (Å²) >= 11 is 0. The lowest BCUT2D eigenvalue weighted by Crippen LogP contribution is -2.13. The maximum Gasteiger partial charge on any atom is 0.341 e. The molecule has 0 radical (unpaired) electrons. The maximum absolute atomic E-state index is 12.1. The van der Waals surface area contributed by atoms with Crippen molar-refractivity contribution in [3.05, 3.63) is 48.8 Å². The van der Waals surface area contributed by atoms with Crippen LogP contribution in [0.4, 0.5) is 5.69 Å². The van der Waals surface area contributed by atoms with E-state index in [-0.39, 0.29) is 10.6 Å². The van der Waals surface area contributed by atoms with Gasteiger partial charge in [-0.15, -0.1) is 0 Å². The third kappa shape index (κ3) is 4.18. The third-order valence-electron chi connectivity index (χ3n) is 2.41. The average molecular weight is 308 g/mol. The minimum absolute atomic E-state index is 0.0361. The Morgan fingerprint density at radius 2 is 1.95 bits per heavy atom. The number of ether oxygens (including phenoxy) is 1. The van der Waals surface area contributed by atoms with E-state index in [1.165, 1.54) is 36.7 Å². The Bertz CT molecular complexity index is 714. The fourth-order valence-electron chi connectivity index (χ4n) is 1.50. The van der Waals surface area contributed by atoms with Gasteiger partial charge in [-0.05, 0) is 36.4 Å². The van der Waals surface area contributed by atoms with Crippen LogP contribution < -0.4 is 9.46 Å². The lowest BCUT2D eigenvalue weighted by Gasteiger charge is -2.08. The van der Waals surface area contributed by atoms with E-state index in [4.69, 9.17) is 9.84 Å². The number of nitrogens with zero attached hydrogens (tertiary/aromatic N) is 1. The predicted octanol–water partition coefficient (Wildman–Crippen LogP) is 1.35. The molecule has 1 heterocycles. The monoisotopic (exact) mass is 308 g/mol. The highest BCUT2D eigenvalue weighted by Gasteiger charge is 2.14. The second kappa shape index (κ2) is 6.23. The summed E-state index contributed by atoms with van der Waals surface area (Å²) in [6, 6.07) is 8.63. The zero-order valence-corrected chi connectivity index (χ0v) is 11.6. The van der Waals surface area contributed by atoms with Gasteiger partial charge in [0.1, 0.15) is 5.75 Å². The van der Waals surface area contributed by atoms with E-state index >= 15 is 0 Å². The molecule has 2 N–H and O–H groups in total. The zero-order chi connectivity index (χ0) is 15.3. The first-order valence-electron chi connectivity index (χ1n) is 5.85. The molecule has 1 aromatic heterocycles. The number of anilines is 1. The summed E-state index contributed by atoms with van der Waals surface area (Å²) in [5.74, 6) is -0.831. The van der Waals surface area contributed by atoms with E-state index < -0.39 is 22.6 Å². The topological polar surface area (TPSA) is 106 Å². The summed E-state index contributed by atoms with van der Waals surface area (Å²) in [4.78, 5) is 14.2.